The van der Waals surface area contributed by atoms with Crippen molar-refractivity contribution in [2.75, 3.05) is 13.7 Å². The van der Waals surface area contributed by atoms with Crippen LogP contribution in [0.2, 0.25) is 0 Å². The third-order valence-electron chi connectivity index (χ3n) is 6.16. The van der Waals surface area contributed by atoms with Crippen molar-refractivity contribution < 1.29 is 13.9 Å². The number of nitrogens with zero attached hydrogens (tertiary/aromatic N) is 3. The molecule has 162 valence electrons. The topological polar surface area (TPSA) is 29.0 Å². The lowest BCUT2D eigenvalue weighted by atomic mass is 9.81. The molecule has 32 heavy (non-hydrogen) atoms. The second-order valence-electron chi connectivity index (χ2n) is 8.57. The van der Waals surface area contributed by atoms with E-state index in [-0.39, 0.29) is 5.41 Å². The van der Waals surface area contributed by atoms with Crippen LogP contribution in [0.15, 0.2) is 79.5 Å². The lowest BCUT2D eigenvalue weighted by Crippen LogP contribution is -2.30. The van der Waals surface area contributed by atoms with Crippen molar-refractivity contribution in [2.45, 2.75) is 26.2 Å². The molecule has 3 aromatic rings. The molecule has 4 rings (SSSR count). The molecule has 0 unspecified atom stereocenters. The van der Waals surface area contributed by atoms with Crippen LogP contribution in [0.5, 0.6) is 5.75 Å². The van der Waals surface area contributed by atoms with Crippen LogP contribution in [0.3, 0.4) is 0 Å². The van der Waals surface area contributed by atoms with Gasteiger partial charge in [0, 0.05) is 29.3 Å². The molecule has 0 aliphatic carbocycles. The molecule has 1 aromatic heterocycles. The smallest absolute Gasteiger partial charge is 0.234 e. The van der Waals surface area contributed by atoms with E-state index < -0.39 is 0 Å². The monoisotopic (exact) mass is 425 g/mol. The van der Waals surface area contributed by atoms with Gasteiger partial charge < -0.3 is 4.74 Å². The van der Waals surface area contributed by atoms with Gasteiger partial charge in [-0.1, -0.05) is 43.0 Å². The normalized spacial score (nSPS) is 15.5. The summed E-state index contributed by atoms with van der Waals surface area (Å²) >= 11 is 0. The van der Waals surface area contributed by atoms with Crippen molar-refractivity contribution in [3.8, 4) is 5.75 Å². The summed E-state index contributed by atoms with van der Waals surface area (Å²) in [5.74, 6) is 0.797. The Balaban J connectivity index is 1.80. The first-order chi connectivity index (χ1) is 15.4. The van der Waals surface area contributed by atoms with E-state index in [2.05, 4.69) is 85.3 Å². The third kappa shape index (κ3) is 3.66. The molecular formula is C28H31N3O+2. The van der Waals surface area contributed by atoms with Gasteiger partial charge in [0.2, 0.25) is 11.2 Å². The summed E-state index contributed by atoms with van der Waals surface area (Å²) in [4.78, 5) is 4.98. The molecule has 0 radical (unpaired) electrons. The highest BCUT2D eigenvalue weighted by Gasteiger charge is 2.42. The Morgan fingerprint density at radius 3 is 2.62 bits per heavy atom. The maximum atomic E-state index is 5.84. The molecule has 0 N–H and O–H groups in total. The van der Waals surface area contributed by atoms with Crippen LogP contribution in [-0.2, 0) is 12.5 Å². The Kier molecular flexibility index (Phi) is 5.79. The zero-order chi connectivity index (χ0) is 22.9. The summed E-state index contributed by atoms with van der Waals surface area (Å²) < 4.78 is 10.2. The molecule has 0 spiro atoms. The number of aryl methyl sites for hydroxylation is 1. The van der Waals surface area contributed by atoms with Crippen molar-refractivity contribution in [1.82, 2.24) is 4.98 Å². The van der Waals surface area contributed by atoms with Crippen LogP contribution in [0.4, 0.5) is 5.69 Å². The summed E-state index contributed by atoms with van der Waals surface area (Å²) in [5, 5.41) is 0. The van der Waals surface area contributed by atoms with E-state index in [0.717, 1.165) is 28.0 Å². The minimum Gasteiger partial charge on any atom is -0.491 e. The molecular weight excluding hydrogens is 394 g/mol. The number of hydrogen-bond donors (Lipinski definition) is 0. The second-order valence-corrected chi connectivity index (χ2v) is 8.57. The lowest BCUT2D eigenvalue weighted by molar-refractivity contribution is -0.645. The molecule has 0 saturated carbocycles. The Hall–Kier alpha value is -3.53. The largest absolute Gasteiger partial charge is 0.491 e. The molecule has 0 bridgehead atoms. The zero-order valence-corrected chi connectivity index (χ0v) is 19.6. The molecule has 0 saturated heterocycles. The summed E-state index contributed by atoms with van der Waals surface area (Å²) in [6.45, 7) is 11.1. The highest BCUT2D eigenvalue weighted by atomic mass is 16.5. The van der Waals surface area contributed by atoms with Crippen molar-refractivity contribution in [3.63, 3.8) is 0 Å². The quantitative estimate of drug-likeness (QED) is 0.397. The number of fused-ring (bicyclic) bond motifs is 2. The van der Waals surface area contributed by atoms with Crippen LogP contribution in [0.1, 0.15) is 32.0 Å². The van der Waals surface area contributed by atoms with E-state index in [4.69, 9.17) is 9.72 Å². The predicted molar refractivity (Wildman–Crippen MR) is 132 cm³/mol. The summed E-state index contributed by atoms with van der Waals surface area (Å²) in [7, 11) is 4.17. The Morgan fingerprint density at radius 2 is 1.91 bits per heavy atom. The Morgan fingerprint density at radius 1 is 1.12 bits per heavy atom. The summed E-state index contributed by atoms with van der Waals surface area (Å²) in [6, 6.07) is 14.6. The Labute approximate surface area is 190 Å². The van der Waals surface area contributed by atoms with Gasteiger partial charge in [-0.05, 0) is 32.9 Å². The number of benzene rings is 2. The third-order valence-corrected chi connectivity index (χ3v) is 6.16. The predicted octanol–water partition coefficient (Wildman–Crippen LogP) is 5.29. The van der Waals surface area contributed by atoms with Gasteiger partial charge in [0.15, 0.2) is 23.2 Å². The first-order valence-electron chi connectivity index (χ1n) is 11.0. The van der Waals surface area contributed by atoms with E-state index in [0.29, 0.717) is 6.61 Å². The van der Waals surface area contributed by atoms with E-state index in [9.17, 15) is 0 Å². The summed E-state index contributed by atoms with van der Waals surface area (Å²) in [6.07, 6.45) is 10.2. The molecule has 2 aromatic carbocycles. The van der Waals surface area contributed by atoms with Crippen molar-refractivity contribution in [3.05, 3.63) is 90.8 Å². The molecule has 2 heterocycles. The van der Waals surface area contributed by atoms with Crippen LogP contribution in [0, 0.1) is 0 Å². The maximum absolute atomic E-state index is 5.84. The van der Waals surface area contributed by atoms with Gasteiger partial charge in [-0.2, -0.15) is 9.14 Å². The zero-order valence-electron chi connectivity index (χ0n) is 19.6. The number of allylic oxidation sites excluding steroid dienone is 5. The van der Waals surface area contributed by atoms with Gasteiger partial charge in [-0.3, -0.25) is 0 Å². The average molecular weight is 426 g/mol. The van der Waals surface area contributed by atoms with Crippen LogP contribution >= 0.6 is 0 Å². The molecule has 0 atom stereocenters. The molecule has 1 aliphatic heterocycles. The fraction of sp³-hybridized carbons (Fsp3) is 0.250. The number of hydrogen-bond acceptors (Lipinski definition) is 2. The second kappa shape index (κ2) is 8.54. The Bertz CT molecular complexity index is 1300. The first kappa shape index (κ1) is 21.7. The molecule has 0 fully saturated rings. The van der Waals surface area contributed by atoms with Crippen LogP contribution in [0.25, 0.3) is 16.6 Å². The SMILES string of the molecule is C=C/C=C(/C=C/C1=[N+](C)c2ccccc2C1(C)C)c1c[n+](C)c2cccc(OCC)c2n1. The number of rotatable bonds is 6. The van der Waals surface area contributed by atoms with E-state index in [1.165, 1.54) is 17.0 Å². The molecule has 4 heteroatoms. The van der Waals surface area contributed by atoms with E-state index >= 15 is 0 Å². The van der Waals surface area contributed by atoms with Gasteiger partial charge in [-0.15, -0.1) is 0 Å². The molecule has 4 nitrogen and oxygen atoms in total. The first-order valence-corrected chi connectivity index (χ1v) is 11.0. The van der Waals surface area contributed by atoms with Gasteiger partial charge in [0.1, 0.15) is 19.8 Å². The highest BCUT2D eigenvalue weighted by molar-refractivity contribution is 6.04. The standard InChI is InChI=1S/C28H31N3O/c1-7-12-20(17-18-26-28(3,4)21-13-9-10-14-23(21)31(26)6)22-19-30(5)24-15-11-16-25(32-8-2)27(24)29-22/h7,9-19H,1,8H2,2-6H3/q+2/b18-17+,20-12-. The van der Waals surface area contributed by atoms with Crippen LogP contribution < -0.4 is 9.30 Å². The lowest BCUT2D eigenvalue weighted by Gasteiger charge is -2.15. The van der Waals surface area contributed by atoms with Crippen LogP contribution in [-0.4, -0.2) is 28.9 Å². The van der Waals surface area contributed by atoms with Crippen molar-refractivity contribution >= 4 is 28.0 Å². The van der Waals surface area contributed by atoms with Gasteiger partial charge in [0.05, 0.1) is 12.0 Å². The van der Waals surface area contributed by atoms with Crippen molar-refractivity contribution in [1.29, 1.82) is 0 Å². The maximum Gasteiger partial charge on any atom is 0.234 e. The molecule has 1 aliphatic rings. The van der Waals surface area contributed by atoms with Gasteiger partial charge >= 0.3 is 0 Å². The van der Waals surface area contributed by atoms with Gasteiger partial charge in [0.25, 0.3) is 0 Å². The van der Waals surface area contributed by atoms with E-state index in [1.54, 1.807) is 0 Å². The summed E-state index contributed by atoms with van der Waals surface area (Å²) in [5.41, 5.74) is 7.52. The highest BCUT2D eigenvalue weighted by Crippen LogP contribution is 2.39. The minimum atomic E-state index is -0.0786. The number of ether oxygens (including phenoxy) is 1. The number of para-hydroxylation sites is 2. The van der Waals surface area contributed by atoms with E-state index in [1.807, 2.05) is 38.3 Å². The molecule has 0 amide bonds. The minimum absolute atomic E-state index is 0.0786. The fourth-order valence-corrected chi connectivity index (χ4v) is 4.54. The van der Waals surface area contributed by atoms with Crippen molar-refractivity contribution in [2.24, 2.45) is 7.05 Å². The van der Waals surface area contributed by atoms with Gasteiger partial charge in [-0.25, -0.2) is 4.98 Å². The fourth-order valence-electron chi connectivity index (χ4n) is 4.54. The number of aromatic nitrogens is 2. The average Bonchev–Trinajstić information content (AvgIpc) is 2.97.